The number of hydrogen-bond donors (Lipinski definition) is 1. The van der Waals surface area contributed by atoms with Crippen LogP contribution in [0.5, 0.6) is 5.75 Å². The summed E-state index contributed by atoms with van der Waals surface area (Å²) in [6.07, 6.45) is 1.71. The van der Waals surface area contributed by atoms with Gasteiger partial charge in [0, 0.05) is 10.7 Å². The van der Waals surface area contributed by atoms with E-state index in [0.717, 1.165) is 10.2 Å². The van der Waals surface area contributed by atoms with Gasteiger partial charge in [-0.3, -0.25) is 4.98 Å². The number of nitrogens with zero attached hydrogens (tertiary/aromatic N) is 1. The molecule has 0 saturated carbocycles. The predicted molar refractivity (Wildman–Crippen MR) is 49.3 cm³/mol. The summed E-state index contributed by atoms with van der Waals surface area (Å²) in [6.45, 7) is 2.18. The second-order valence-electron chi connectivity index (χ2n) is 2.31. The van der Waals surface area contributed by atoms with E-state index in [1.807, 2.05) is 13.0 Å². The minimum absolute atomic E-state index is 0.0198. The first-order valence-electron chi connectivity index (χ1n) is 3.60. The Bertz CT molecular complexity index is 265. The van der Waals surface area contributed by atoms with E-state index in [2.05, 4.69) is 20.9 Å². The number of pyridine rings is 1. The minimum Gasteiger partial charge on any atom is -0.489 e. The van der Waals surface area contributed by atoms with Gasteiger partial charge in [-0.25, -0.2) is 0 Å². The Kier molecular flexibility index (Phi) is 3.49. The second kappa shape index (κ2) is 4.42. The lowest BCUT2D eigenvalue weighted by Crippen LogP contribution is -2.03. The first-order chi connectivity index (χ1) is 5.74. The van der Waals surface area contributed by atoms with Crippen molar-refractivity contribution in [3.8, 4) is 5.75 Å². The maximum absolute atomic E-state index is 8.53. The van der Waals surface area contributed by atoms with Crippen molar-refractivity contribution in [2.24, 2.45) is 0 Å². The molecule has 0 atom stereocenters. The van der Waals surface area contributed by atoms with Crippen molar-refractivity contribution < 1.29 is 9.84 Å². The molecule has 0 radical (unpaired) electrons. The van der Waals surface area contributed by atoms with E-state index in [4.69, 9.17) is 9.84 Å². The summed E-state index contributed by atoms with van der Waals surface area (Å²) >= 11 is 3.28. The monoisotopic (exact) mass is 231 g/mol. The van der Waals surface area contributed by atoms with E-state index in [0.29, 0.717) is 12.4 Å². The van der Waals surface area contributed by atoms with Crippen molar-refractivity contribution in [1.29, 1.82) is 0 Å². The molecule has 66 valence electrons. The number of halogens is 1. The lowest BCUT2D eigenvalue weighted by molar-refractivity contribution is 0.200. The van der Waals surface area contributed by atoms with Crippen molar-refractivity contribution in [3.05, 3.63) is 22.4 Å². The van der Waals surface area contributed by atoms with Crippen LogP contribution in [0.2, 0.25) is 0 Å². The molecule has 4 heteroatoms. The van der Waals surface area contributed by atoms with Crippen LogP contribution in [0.3, 0.4) is 0 Å². The van der Waals surface area contributed by atoms with E-state index in [1.54, 1.807) is 6.20 Å². The van der Waals surface area contributed by atoms with Gasteiger partial charge in [-0.1, -0.05) is 0 Å². The van der Waals surface area contributed by atoms with Gasteiger partial charge >= 0.3 is 0 Å². The van der Waals surface area contributed by atoms with Gasteiger partial charge in [0.2, 0.25) is 0 Å². The first-order valence-corrected chi connectivity index (χ1v) is 4.39. The number of ether oxygens (including phenoxy) is 1. The van der Waals surface area contributed by atoms with Crippen LogP contribution >= 0.6 is 15.9 Å². The normalized spacial score (nSPS) is 9.92. The average Bonchev–Trinajstić information content (AvgIpc) is 2.07. The van der Waals surface area contributed by atoms with Crippen molar-refractivity contribution in [1.82, 2.24) is 4.98 Å². The zero-order valence-corrected chi connectivity index (χ0v) is 8.34. The van der Waals surface area contributed by atoms with Crippen LogP contribution < -0.4 is 4.74 Å². The summed E-state index contributed by atoms with van der Waals surface area (Å²) in [4.78, 5) is 4.08. The quantitative estimate of drug-likeness (QED) is 0.859. The number of aliphatic hydroxyl groups excluding tert-OH is 1. The number of aromatic nitrogens is 1. The Morgan fingerprint density at radius 1 is 1.67 bits per heavy atom. The zero-order valence-electron chi connectivity index (χ0n) is 6.75. The molecule has 12 heavy (non-hydrogen) atoms. The molecular formula is C8H10BrNO2. The molecule has 0 aliphatic heterocycles. The minimum atomic E-state index is 0.0198. The van der Waals surface area contributed by atoms with Gasteiger partial charge < -0.3 is 9.84 Å². The maximum atomic E-state index is 8.53. The first kappa shape index (κ1) is 9.48. The van der Waals surface area contributed by atoms with E-state index in [1.165, 1.54) is 0 Å². The molecule has 0 aliphatic rings. The molecule has 1 N–H and O–H groups in total. The predicted octanol–water partition coefficient (Wildman–Crippen LogP) is 1.52. The third kappa shape index (κ3) is 2.46. The molecule has 0 aromatic carbocycles. The Labute approximate surface area is 79.5 Å². The molecular weight excluding hydrogens is 222 g/mol. The van der Waals surface area contributed by atoms with Crippen molar-refractivity contribution >= 4 is 15.9 Å². The summed E-state index contributed by atoms with van der Waals surface area (Å²) in [7, 11) is 0. The van der Waals surface area contributed by atoms with Gasteiger partial charge in [-0.15, -0.1) is 0 Å². The molecule has 0 spiro atoms. The molecule has 0 bridgehead atoms. The SMILES string of the molecule is Cc1ncc(Br)cc1OCCO. The Morgan fingerprint density at radius 3 is 3.08 bits per heavy atom. The summed E-state index contributed by atoms with van der Waals surface area (Å²) in [6, 6.07) is 1.83. The highest BCUT2D eigenvalue weighted by Gasteiger charge is 2.00. The second-order valence-corrected chi connectivity index (χ2v) is 3.22. The van der Waals surface area contributed by atoms with Crippen LogP contribution in [0.15, 0.2) is 16.7 Å². The van der Waals surface area contributed by atoms with Gasteiger partial charge in [0.1, 0.15) is 12.4 Å². The van der Waals surface area contributed by atoms with Gasteiger partial charge in [0.05, 0.1) is 12.3 Å². The standard InChI is InChI=1S/C8H10BrNO2/c1-6-8(12-3-2-11)4-7(9)5-10-6/h4-5,11H,2-3H2,1H3. The molecule has 1 aromatic heterocycles. The molecule has 3 nitrogen and oxygen atoms in total. The number of hydrogen-bond acceptors (Lipinski definition) is 3. The molecule has 1 aromatic rings. The zero-order chi connectivity index (χ0) is 8.97. The Morgan fingerprint density at radius 2 is 2.42 bits per heavy atom. The summed E-state index contributed by atoms with van der Waals surface area (Å²) in [5, 5.41) is 8.53. The van der Waals surface area contributed by atoms with Crippen LogP contribution in [0, 0.1) is 6.92 Å². The molecule has 0 amide bonds. The third-order valence-corrected chi connectivity index (χ3v) is 1.79. The fourth-order valence-corrected chi connectivity index (χ4v) is 1.10. The van der Waals surface area contributed by atoms with Crippen LogP contribution in [-0.2, 0) is 0 Å². The van der Waals surface area contributed by atoms with Crippen molar-refractivity contribution in [2.45, 2.75) is 6.92 Å². The molecule has 1 rings (SSSR count). The fourth-order valence-electron chi connectivity index (χ4n) is 0.791. The van der Waals surface area contributed by atoms with Gasteiger partial charge in [-0.2, -0.15) is 0 Å². The summed E-state index contributed by atoms with van der Waals surface area (Å²) in [5.41, 5.74) is 0.826. The topological polar surface area (TPSA) is 42.4 Å². The van der Waals surface area contributed by atoms with Gasteiger partial charge in [0.15, 0.2) is 0 Å². The lowest BCUT2D eigenvalue weighted by Gasteiger charge is -2.06. The average molecular weight is 232 g/mol. The van der Waals surface area contributed by atoms with Crippen LogP contribution in [-0.4, -0.2) is 23.3 Å². The van der Waals surface area contributed by atoms with Crippen molar-refractivity contribution in [3.63, 3.8) is 0 Å². The third-order valence-electron chi connectivity index (χ3n) is 1.36. The molecule has 1 heterocycles. The highest BCUT2D eigenvalue weighted by molar-refractivity contribution is 9.10. The van der Waals surface area contributed by atoms with E-state index < -0.39 is 0 Å². The number of aliphatic hydroxyl groups is 1. The summed E-state index contributed by atoms with van der Waals surface area (Å²) in [5.74, 6) is 0.707. The smallest absolute Gasteiger partial charge is 0.141 e. The lowest BCUT2D eigenvalue weighted by atomic mass is 10.3. The van der Waals surface area contributed by atoms with Gasteiger partial charge in [0.25, 0.3) is 0 Å². The van der Waals surface area contributed by atoms with E-state index in [9.17, 15) is 0 Å². The Hall–Kier alpha value is -0.610. The van der Waals surface area contributed by atoms with E-state index in [-0.39, 0.29) is 6.61 Å². The Balaban J connectivity index is 2.75. The van der Waals surface area contributed by atoms with E-state index >= 15 is 0 Å². The largest absolute Gasteiger partial charge is 0.489 e. The van der Waals surface area contributed by atoms with Crippen LogP contribution in [0.25, 0.3) is 0 Å². The maximum Gasteiger partial charge on any atom is 0.141 e. The highest BCUT2D eigenvalue weighted by Crippen LogP contribution is 2.20. The highest BCUT2D eigenvalue weighted by atomic mass is 79.9. The number of aryl methyl sites for hydroxylation is 1. The van der Waals surface area contributed by atoms with Crippen molar-refractivity contribution in [2.75, 3.05) is 13.2 Å². The molecule has 0 aliphatic carbocycles. The summed E-state index contributed by atoms with van der Waals surface area (Å²) < 4.78 is 6.10. The fraction of sp³-hybridized carbons (Fsp3) is 0.375. The molecule has 0 fully saturated rings. The number of rotatable bonds is 3. The molecule has 0 unspecified atom stereocenters. The van der Waals surface area contributed by atoms with Gasteiger partial charge in [-0.05, 0) is 28.9 Å². The molecule has 0 saturated heterocycles. The van der Waals surface area contributed by atoms with Crippen LogP contribution in [0.4, 0.5) is 0 Å². The van der Waals surface area contributed by atoms with Crippen LogP contribution in [0.1, 0.15) is 5.69 Å².